The molecule has 1 aliphatic carbocycles. The maximum atomic E-state index is 6.26. The van der Waals surface area contributed by atoms with Crippen molar-refractivity contribution >= 4 is 17.4 Å². The van der Waals surface area contributed by atoms with Crippen LogP contribution in [0, 0.1) is 12.3 Å². The first kappa shape index (κ1) is 21.6. The number of anilines is 1. The Morgan fingerprint density at radius 1 is 1.28 bits per heavy atom. The topological polar surface area (TPSA) is 44.3 Å². The van der Waals surface area contributed by atoms with Crippen LogP contribution < -0.4 is 10.2 Å². The van der Waals surface area contributed by atoms with Gasteiger partial charge in [0.1, 0.15) is 5.82 Å². The van der Waals surface area contributed by atoms with Crippen molar-refractivity contribution < 1.29 is 0 Å². The first-order valence-electron chi connectivity index (χ1n) is 10.2. The van der Waals surface area contributed by atoms with E-state index >= 15 is 0 Å². The average molecular weight is 412 g/mol. The maximum absolute atomic E-state index is 6.26. The molecule has 1 unspecified atom stereocenters. The van der Waals surface area contributed by atoms with Gasteiger partial charge in [-0.2, -0.15) is 0 Å². The van der Waals surface area contributed by atoms with Crippen LogP contribution in [0.5, 0.6) is 0 Å². The number of aromatic nitrogens is 2. The van der Waals surface area contributed by atoms with E-state index in [-0.39, 0.29) is 0 Å². The number of allylic oxidation sites excluding steroid dienone is 3. The van der Waals surface area contributed by atoms with E-state index in [1.54, 1.807) is 6.92 Å². The number of nitrogens with zero attached hydrogens (tertiary/aromatic N) is 4. The van der Waals surface area contributed by atoms with Gasteiger partial charge in [-0.1, -0.05) is 24.8 Å². The molecule has 1 saturated heterocycles. The molecule has 1 fully saturated rings. The summed E-state index contributed by atoms with van der Waals surface area (Å²) in [6, 6.07) is 0.405. The minimum absolute atomic E-state index is 0.361. The smallest absolute Gasteiger partial charge is 0.224 e. The molecule has 0 spiro atoms. The van der Waals surface area contributed by atoms with Gasteiger partial charge in [0.25, 0.3) is 0 Å². The molecule has 4 rings (SSSR count). The van der Waals surface area contributed by atoms with Crippen molar-refractivity contribution in [2.75, 3.05) is 31.1 Å². The van der Waals surface area contributed by atoms with E-state index in [0.29, 0.717) is 11.3 Å². The number of hydrogen-bond donors (Lipinski definition) is 1. The molecule has 0 radical (unpaired) electrons. The molecule has 1 atom stereocenters. The van der Waals surface area contributed by atoms with Crippen LogP contribution >= 0.6 is 11.6 Å². The fraction of sp³-hybridized carbons (Fsp3) is 0.478. The summed E-state index contributed by atoms with van der Waals surface area (Å²) in [5.74, 6) is 3.28. The Morgan fingerprint density at radius 3 is 2.66 bits per heavy atom. The van der Waals surface area contributed by atoms with Gasteiger partial charge >= 0.3 is 0 Å². The summed E-state index contributed by atoms with van der Waals surface area (Å²) in [4.78, 5) is 14.0. The highest BCUT2D eigenvalue weighted by molar-refractivity contribution is 6.28. The lowest BCUT2D eigenvalue weighted by atomic mass is 10.1. The van der Waals surface area contributed by atoms with Gasteiger partial charge in [0, 0.05) is 50.9 Å². The Hall–Kier alpha value is -2.13. The molecule has 0 saturated carbocycles. The summed E-state index contributed by atoms with van der Waals surface area (Å²) in [6.45, 7) is 13.4. The number of rotatable bonds is 4. The summed E-state index contributed by atoms with van der Waals surface area (Å²) in [5, 5.41) is 3.76. The SMILES string of the molecule is C#CC.C=CC1=C(/C=C\C)CCC1N1Cc2nc(Cl)nc(N3CCNCC3)c2C1. The van der Waals surface area contributed by atoms with Gasteiger partial charge in [0.15, 0.2) is 0 Å². The van der Waals surface area contributed by atoms with Gasteiger partial charge in [-0.25, -0.2) is 9.97 Å². The maximum Gasteiger partial charge on any atom is 0.224 e. The van der Waals surface area contributed by atoms with E-state index < -0.39 is 0 Å². The molecule has 5 nitrogen and oxygen atoms in total. The molecular formula is C23H30ClN5. The highest BCUT2D eigenvalue weighted by Gasteiger charge is 2.35. The molecule has 1 N–H and O–H groups in total. The fourth-order valence-electron chi connectivity index (χ4n) is 4.42. The molecule has 0 amide bonds. The highest BCUT2D eigenvalue weighted by atomic mass is 35.5. The van der Waals surface area contributed by atoms with Crippen LogP contribution in [0.15, 0.2) is 36.0 Å². The van der Waals surface area contributed by atoms with Gasteiger partial charge in [0.05, 0.1) is 5.69 Å². The van der Waals surface area contributed by atoms with Crippen LogP contribution in [-0.4, -0.2) is 47.1 Å². The Balaban J connectivity index is 0.000000755. The van der Waals surface area contributed by atoms with Crippen LogP contribution in [0.4, 0.5) is 5.82 Å². The third-order valence-corrected chi connectivity index (χ3v) is 5.79. The molecule has 0 aromatic carbocycles. The van der Waals surface area contributed by atoms with Gasteiger partial charge in [-0.15, -0.1) is 12.3 Å². The first-order chi connectivity index (χ1) is 14.1. The normalized spacial score (nSPS) is 21.7. The predicted molar refractivity (Wildman–Crippen MR) is 121 cm³/mol. The number of nitrogens with one attached hydrogen (secondary N) is 1. The van der Waals surface area contributed by atoms with Gasteiger partial charge in [0.2, 0.25) is 5.28 Å². The highest BCUT2D eigenvalue weighted by Crippen LogP contribution is 2.38. The number of terminal acetylenes is 1. The zero-order valence-electron chi connectivity index (χ0n) is 17.4. The quantitative estimate of drug-likeness (QED) is 0.604. The van der Waals surface area contributed by atoms with Crippen molar-refractivity contribution in [1.82, 2.24) is 20.2 Å². The van der Waals surface area contributed by atoms with Crippen molar-refractivity contribution in [3.63, 3.8) is 0 Å². The number of halogens is 1. The lowest BCUT2D eigenvalue weighted by molar-refractivity contribution is 0.225. The Labute approximate surface area is 179 Å². The average Bonchev–Trinajstić information content (AvgIpc) is 3.32. The minimum atomic E-state index is 0.361. The molecule has 2 aliphatic heterocycles. The third-order valence-electron chi connectivity index (χ3n) is 5.62. The van der Waals surface area contributed by atoms with Crippen LogP contribution in [-0.2, 0) is 13.1 Å². The molecule has 154 valence electrons. The van der Waals surface area contributed by atoms with E-state index in [1.165, 1.54) is 16.7 Å². The lowest BCUT2D eigenvalue weighted by Crippen LogP contribution is -2.44. The van der Waals surface area contributed by atoms with Crippen molar-refractivity contribution in [1.29, 1.82) is 0 Å². The van der Waals surface area contributed by atoms with Crippen LogP contribution in [0.1, 0.15) is 37.9 Å². The lowest BCUT2D eigenvalue weighted by Gasteiger charge is -2.30. The van der Waals surface area contributed by atoms with E-state index in [2.05, 4.69) is 63.1 Å². The second-order valence-corrected chi connectivity index (χ2v) is 7.75. The Bertz CT molecular complexity index is 846. The molecule has 3 aliphatic rings. The molecular weight excluding hydrogens is 382 g/mol. The van der Waals surface area contributed by atoms with E-state index in [1.807, 2.05) is 6.08 Å². The molecule has 3 heterocycles. The molecule has 29 heavy (non-hydrogen) atoms. The van der Waals surface area contributed by atoms with Crippen LogP contribution in [0.3, 0.4) is 0 Å². The van der Waals surface area contributed by atoms with Crippen LogP contribution in [0.2, 0.25) is 5.28 Å². The van der Waals surface area contributed by atoms with E-state index in [0.717, 1.165) is 63.6 Å². The summed E-state index contributed by atoms with van der Waals surface area (Å²) in [7, 11) is 0. The summed E-state index contributed by atoms with van der Waals surface area (Å²) >= 11 is 6.26. The largest absolute Gasteiger partial charge is 0.354 e. The Kier molecular flexibility index (Phi) is 7.49. The summed E-state index contributed by atoms with van der Waals surface area (Å²) < 4.78 is 0. The predicted octanol–water partition coefficient (Wildman–Crippen LogP) is 3.72. The molecule has 6 heteroatoms. The zero-order chi connectivity index (χ0) is 20.8. The molecule has 1 aromatic rings. The zero-order valence-corrected chi connectivity index (χ0v) is 18.2. The van der Waals surface area contributed by atoms with Crippen molar-refractivity contribution in [3.05, 3.63) is 52.5 Å². The summed E-state index contributed by atoms with van der Waals surface area (Å²) in [5.41, 5.74) is 5.11. The van der Waals surface area contributed by atoms with E-state index in [9.17, 15) is 0 Å². The second-order valence-electron chi connectivity index (χ2n) is 7.41. The number of fused-ring (bicyclic) bond motifs is 1. The van der Waals surface area contributed by atoms with Gasteiger partial charge < -0.3 is 10.2 Å². The van der Waals surface area contributed by atoms with Gasteiger partial charge in [-0.3, -0.25) is 4.90 Å². The first-order valence-corrected chi connectivity index (χ1v) is 10.6. The molecule has 0 bridgehead atoms. The minimum Gasteiger partial charge on any atom is -0.354 e. The van der Waals surface area contributed by atoms with Gasteiger partial charge in [-0.05, 0) is 49.4 Å². The Morgan fingerprint density at radius 2 is 2.00 bits per heavy atom. The second kappa shape index (κ2) is 10.1. The number of piperazine rings is 1. The summed E-state index contributed by atoms with van der Waals surface area (Å²) in [6.07, 6.45) is 13.2. The molecule has 1 aromatic heterocycles. The van der Waals surface area contributed by atoms with Crippen molar-refractivity contribution in [2.45, 2.75) is 45.8 Å². The fourth-order valence-corrected chi connectivity index (χ4v) is 4.61. The van der Waals surface area contributed by atoms with Crippen molar-refractivity contribution in [2.24, 2.45) is 0 Å². The number of hydrogen-bond acceptors (Lipinski definition) is 5. The van der Waals surface area contributed by atoms with E-state index in [4.69, 9.17) is 11.6 Å². The van der Waals surface area contributed by atoms with Crippen LogP contribution in [0.25, 0.3) is 0 Å². The third kappa shape index (κ3) is 4.72. The standard InChI is InChI=1S/C20H26ClN5.C3H4/c1-3-5-14-6-7-18(15(14)4-2)26-12-16-17(13-26)23-20(21)24-19(16)25-10-8-22-9-11-25;1-3-2/h3-5,18,22H,2,6-13H2,1H3;1H,2H3/b5-3-;. The monoisotopic (exact) mass is 411 g/mol. The van der Waals surface area contributed by atoms with Crippen molar-refractivity contribution in [3.8, 4) is 12.3 Å².